The zero-order chi connectivity index (χ0) is 18.4. The van der Waals surface area contributed by atoms with Crippen molar-refractivity contribution < 1.29 is 5.11 Å². The minimum Gasteiger partial charge on any atom is -0.385 e. The molecule has 3 aromatic heterocycles. The number of aromatic nitrogens is 5. The molecule has 0 aliphatic carbocycles. The van der Waals surface area contributed by atoms with Crippen molar-refractivity contribution in [3.8, 4) is 0 Å². The van der Waals surface area contributed by atoms with E-state index in [4.69, 9.17) is 0 Å². The van der Waals surface area contributed by atoms with Crippen LogP contribution in [0.2, 0.25) is 0 Å². The van der Waals surface area contributed by atoms with E-state index < -0.39 is 6.10 Å². The molecule has 7 heteroatoms. The number of hydrogen-bond donors (Lipinski definition) is 1. The average molecular weight is 354 g/mol. The van der Waals surface area contributed by atoms with Crippen molar-refractivity contribution in [2.75, 3.05) is 18.0 Å². The van der Waals surface area contributed by atoms with Gasteiger partial charge in [0.2, 0.25) is 0 Å². The van der Waals surface area contributed by atoms with Gasteiger partial charge in [-0.3, -0.25) is 0 Å². The maximum absolute atomic E-state index is 10.7. The molecule has 1 aliphatic heterocycles. The molecule has 0 aromatic carbocycles. The fourth-order valence-electron chi connectivity index (χ4n) is 3.87. The number of fused-ring (bicyclic) bond motifs is 1. The second-order valence-corrected chi connectivity index (χ2v) is 7.37. The van der Waals surface area contributed by atoms with Crippen LogP contribution in [0.1, 0.15) is 41.7 Å². The lowest BCUT2D eigenvalue weighted by molar-refractivity contribution is 0.0823. The lowest BCUT2D eigenvalue weighted by Crippen LogP contribution is -2.37. The maximum Gasteiger partial charge on any atom is 0.160 e. The molecule has 0 spiro atoms. The quantitative estimate of drug-likeness (QED) is 0.782. The number of hydrogen-bond acceptors (Lipinski definition) is 5. The van der Waals surface area contributed by atoms with E-state index >= 15 is 0 Å². The van der Waals surface area contributed by atoms with Gasteiger partial charge in [0.1, 0.15) is 17.7 Å². The number of anilines is 1. The summed E-state index contributed by atoms with van der Waals surface area (Å²) in [4.78, 5) is 11.3. The van der Waals surface area contributed by atoms with Crippen LogP contribution in [0.4, 0.5) is 5.82 Å². The number of nitrogens with zero attached hydrogens (tertiary/aromatic N) is 6. The summed E-state index contributed by atoms with van der Waals surface area (Å²) in [6, 6.07) is 2.11. The summed E-state index contributed by atoms with van der Waals surface area (Å²) >= 11 is 0. The lowest BCUT2D eigenvalue weighted by Gasteiger charge is -2.35. The third-order valence-electron chi connectivity index (χ3n) is 5.60. The Labute approximate surface area is 153 Å². The summed E-state index contributed by atoms with van der Waals surface area (Å²) < 4.78 is 3.87. The number of aliphatic hydroxyl groups excluding tert-OH is 1. The van der Waals surface area contributed by atoms with E-state index in [9.17, 15) is 5.11 Å². The Balaban J connectivity index is 1.56. The summed E-state index contributed by atoms with van der Waals surface area (Å²) in [7, 11) is 1.93. The topological polar surface area (TPSA) is 71.5 Å². The first-order valence-corrected chi connectivity index (χ1v) is 9.19. The molecule has 1 atom stereocenters. The lowest BCUT2D eigenvalue weighted by atomic mass is 9.90. The van der Waals surface area contributed by atoms with Crippen LogP contribution in [-0.4, -0.2) is 42.3 Å². The molecule has 0 unspecified atom stereocenters. The summed E-state index contributed by atoms with van der Waals surface area (Å²) in [5.41, 5.74) is 4.10. The van der Waals surface area contributed by atoms with Gasteiger partial charge in [-0.05, 0) is 39.5 Å². The van der Waals surface area contributed by atoms with Crippen LogP contribution in [0.3, 0.4) is 0 Å². The highest BCUT2D eigenvalue weighted by Gasteiger charge is 2.29. The molecule has 1 fully saturated rings. The Hall–Kier alpha value is -2.41. The van der Waals surface area contributed by atoms with Crippen molar-refractivity contribution in [2.45, 2.75) is 39.7 Å². The van der Waals surface area contributed by atoms with E-state index in [1.807, 2.05) is 36.2 Å². The first kappa shape index (κ1) is 17.0. The third-order valence-corrected chi connectivity index (χ3v) is 5.60. The van der Waals surface area contributed by atoms with E-state index in [0.29, 0.717) is 0 Å². The molecule has 0 amide bonds. The van der Waals surface area contributed by atoms with Crippen LogP contribution in [-0.2, 0) is 7.05 Å². The predicted octanol–water partition coefficient (Wildman–Crippen LogP) is 2.34. The summed E-state index contributed by atoms with van der Waals surface area (Å²) in [5, 5.41) is 15.4. The molecule has 1 aliphatic rings. The summed E-state index contributed by atoms with van der Waals surface area (Å²) in [5.74, 6) is 2.07. The Bertz CT molecular complexity index is 935. The van der Waals surface area contributed by atoms with Gasteiger partial charge in [0.05, 0.1) is 5.69 Å². The molecular formula is C19H26N6O. The van der Waals surface area contributed by atoms with Crippen LogP contribution in [0, 0.1) is 26.7 Å². The second-order valence-electron chi connectivity index (χ2n) is 7.37. The molecule has 1 N–H and O–H groups in total. The van der Waals surface area contributed by atoms with Gasteiger partial charge in [0.25, 0.3) is 0 Å². The largest absolute Gasteiger partial charge is 0.385 e. The van der Waals surface area contributed by atoms with Gasteiger partial charge >= 0.3 is 0 Å². The molecular weight excluding hydrogens is 328 g/mol. The van der Waals surface area contributed by atoms with Crippen LogP contribution >= 0.6 is 0 Å². The Kier molecular flexibility index (Phi) is 4.19. The van der Waals surface area contributed by atoms with Crippen LogP contribution < -0.4 is 4.90 Å². The van der Waals surface area contributed by atoms with Gasteiger partial charge in [-0.2, -0.15) is 9.61 Å². The minimum absolute atomic E-state index is 0.229. The minimum atomic E-state index is -0.509. The molecule has 4 rings (SSSR count). The summed E-state index contributed by atoms with van der Waals surface area (Å²) in [6.07, 6.45) is 4.97. The highest BCUT2D eigenvalue weighted by Crippen LogP contribution is 2.32. The van der Waals surface area contributed by atoms with E-state index in [2.05, 4.69) is 33.0 Å². The van der Waals surface area contributed by atoms with Crippen molar-refractivity contribution in [3.63, 3.8) is 0 Å². The average Bonchev–Trinajstić information content (AvgIpc) is 3.18. The van der Waals surface area contributed by atoms with Gasteiger partial charge < -0.3 is 14.6 Å². The van der Waals surface area contributed by atoms with E-state index in [-0.39, 0.29) is 5.92 Å². The number of imidazole rings is 1. The van der Waals surface area contributed by atoms with Crippen molar-refractivity contribution in [3.05, 3.63) is 41.2 Å². The Morgan fingerprint density at radius 1 is 1.19 bits per heavy atom. The molecule has 138 valence electrons. The van der Waals surface area contributed by atoms with Crippen molar-refractivity contribution in [1.82, 2.24) is 24.1 Å². The highest BCUT2D eigenvalue weighted by atomic mass is 16.3. The molecule has 7 nitrogen and oxygen atoms in total. The van der Waals surface area contributed by atoms with E-state index in [1.54, 1.807) is 6.20 Å². The van der Waals surface area contributed by atoms with Crippen LogP contribution in [0.25, 0.3) is 5.65 Å². The molecule has 4 heterocycles. The monoisotopic (exact) mass is 354 g/mol. The first-order chi connectivity index (χ1) is 12.5. The smallest absolute Gasteiger partial charge is 0.160 e. The first-order valence-electron chi connectivity index (χ1n) is 9.19. The second kappa shape index (κ2) is 6.39. The third kappa shape index (κ3) is 2.76. The molecule has 1 saturated heterocycles. The zero-order valence-electron chi connectivity index (χ0n) is 15.8. The maximum atomic E-state index is 10.7. The SMILES string of the molecule is Cc1cc(N2CCC([C@@H](O)c3nccn3C)CC2)n2nc(C)c(C)c2n1. The van der Waals surface area contributed by atoms with Gasteiger partial charge in [-0.1, -0.05) is 0 Å². The van der Waals surface area contributed by atoms with E-state index in [0.717, 1.165) is 60.2 Å². The molecule has 0 radical (unpaired) electrons. The fraction of sp³-hybridized carbons (Fsp3) is 0.526. The number of rotatable bonds is 3. The highest BCUT2D eigenvalue weighted by molar-refractivity contribution is 5.57. The van der Waals surface area contributed by atoms with Crippen LogP contribution in [0.15, 0.2) is 18.5 Å². The van der Waals surface area contributed by atoms with Crippen LogP contribution in [0.5, 0.6) is 0 Å². The molecule has 3 aromatic rings. The fourth-order valence-corrected chi connectivity index (χ4v) is 3.87. The Morgan fingerprint density at radius 2 is 1.92 bits per heavy atom. The van der Waals surface area contributed by atoms with Crippen molar-refractivity contribution in [2.24, 2.45) is 13.0 Å². The zero-order valence-corrected chi connectivity index (χ0v) is 15.8. The molecule has 0 saturated carbocycles. The Morgan fingerprint density at radius 3 is 2.58 bits per heavy atom. The standard InChI is InChI=1S/C19H26N6O/c1-12-11-16(25-18(21-12)13(2)14(3)22-25)24-8-5-15(6-9-24)17(26)19-20-7-10-23(19)4/h7,10-11,15,17,26H,5-6,8-9H2,1-4H3/t17-/m1/s1. The van der Waals surface area contributed by atoms with Crippen molar-refractivity contribution in [1.29, 1.82) is 0 Å². The van der Waals surface area contributed by atoms with Gasteiger partial charge in [0.15, 0.2) is 5.65 Å². The number of aliphatic hydroxyl groups is 1. The normalized spacial score (nSPS) is 17.2. The number of aryl methyl sites for hydroxylation is 4. The van der Waals surface area contributed by atoms with Gasteiger partial charge in [-0.15, -0.1) is 0 Å². The summed E-state index contributed by atoms with van der Waals surface area (Å²) in [6.45, 7) is 7.91. The number of piperidine rings is 1. The van der Waals surface area contributed by atoms with Gasteiger partial charge in [-0.25, -0.2) is 9.97 Å². The van der Waals surface area contributed by atoms with Crippen molar-refractivity contribution >= 4 is 11.5 Å². The van der Waals surface area contributed by atoms with E-state index in [1.165, 1.54) is 0 Å². The molecule has 0 bridgehead atoms. The predicted molar refractivity (Wildman–Crippen MR) is 100 cm³/mol. The van der Waals surface area contributed by atoms with Gasteiger partial charge in [0, 0.05) is 49.9 Å². The molecule has 26 heavy (non-hydrogen) atoms.